The molecule has 2 N–H and O–H groups in total. The van der Waals surface area contributed by atoms with Crippen LogP contribution in [0.5, 0.6) is 0 Å². The summed E-state index contributed by atoms with van der Waals surface area (Å²) >= 11 is 0. The Bertz CT molecular complexity index is 1250. The number of H-pyrrole nitrogens is 1. The fraction of sp³-hybridized carbons (Fsp3) is 0.0952. The van der Waals surface area contributed by atoms with Crippen molar-refractivity contribution in [3.8, 4) is 5.82 Å². The van der Waals surface area contributed by atoms with Gasteiger partial charge in [0.1, 0.15) is 5.82 Å². The molecule has 132 valence electrons. The quantitative estimate of drug-likeness (QED) is 0.494. The predicted octanol–water partition coefficient (Wildman–Crippen LogP) is 4.66. The lowest BCUT2D eigenvalue weighted by molar-refractivity contribution is 0.842. The van der Waals surface area contributed by atoms with Crippen molar-refractivity contribution in [3.05, 3.63) is 71.9 Å². The maximum atomic E-state index is 4.79. The number of fused-ring (bicyclic) bond motifs is 2. The number of anilines is 2. The normalized spacial score (nSPS) is 11.3. The molecule has 6 nitrogen and oxygen atoms in total. The number of aromatic nitrogens is 5. The number of aromatic amines is 1. The van der Waals surface area contributed by atoms with Crippen LogP contribution >= 0.6 is 0 Å². The Morgan fingerprint density at radius 3 is 2.52 bits per heavy atom. The minimum Gasteiger partial charge on any atom is -0.324 e. The average molecular weight is 354 g/mol. The van der Waals surface area contributed by atoms with E-state index in [1.165, 1.54) is 5.56 Å². The summed E-state index contributed by atoms with van der Waals surface area (Å²) in [5, 5.41) is 9.12. The summed E-state index contributed by atoms with van der Waals surface area (Å²) < 4.78 is 1.82. The number of nitrogens with one attached hydrogen (secondary N) is 2. The molecule has 0 atom stereocenters. The summed E-state index contributed by atoms with van der Waals surface area (Å²) in [6, 6.07) is 20.1. The second kappa shape index (κ2) is 5.95. The molecule has 6 heteroatoms. The molecule has 3 heterocycles. The monoisotopic (exact) mass is 354 g/mol. The minimum atomic E-state index is 0.676. The zero-order valence-corrected chi connectivity index (χ0v) is 15.1. The molecule has 0 aliphatic carbocycles. The van der Waals surface area contributed by atoms with Gasteiger partial charge in [-0.3, -0.25) is 0 Å². The van der Waals surface area contributed by atoms with E-state index in [-0.39, 0.29) is 0 Å². The molecular formula is C21H18N6. The van der Waals surface area contributed by atoms with Crippen LogP contribution in [0.2, 0.25) is 0 Å². The Balaban J connectivity index is 1.60. The van der Waals surface area contributed by atoms with Crippen molar-refractivity contribution in [1.82, 2.24) is 24.7 Å². The topological polar surface area (TPSA) is 71.4 Å². The van der Waals surface area contributed by atoms with Crippen LogP contribution < -0.4 is 5.32 Å². The van der Waals surface area contributed by atoms with Crippen LogP contribution in [0.1, 0.15) is 11.3 Å². The number of benzene rings is 2. The zero-order valence-electron chi connectivity index (χ0n) is 15.1. The fourth-order valence-electron chi connectivity index (χ4n) is 3.34. The Labute approximate surface area is 155 Å². The van der Waals surface area contributed by atoms with Gasteiger partial charge in [0.05, 0.1) is 22.2 Å². The van der Waals surface area contributed by atoms with Crippen molar-refractivity contribution in [2.24, 2.45) is 0 Å². The van der Waals surface area contributed by atoms with Gasteiger partial charge in [-0.15, -0.1) is 0 Å². The Kier molecular flexibility index (Phi) is 3.43. The molecule has 5 aromatic rings. The van der Waals surface area contributed by atoms with Gasteiger partial charge in [-0.1, -0.05) is 30.3 Å². The summed E-state index contributed by atoms with van der Waals surface area (Å²) in [6.07, 6.45) is 0. The van der Waals surface area contributed by atoms with E-state index in [9.17, 15) is 0 Å². The van der Waals surface area contributed by atoms with Crippen molar-refractivity contribution in [1.29, 1.82) is 0 Å². The molecule has 0 amide bonds. The van der Waals surface area contributed by atoms with Gasteiger partial charge in [0.15, 0.2) is 5.82 Å². The molecule has 2 aromatic carbocycles. The second-order valence-electron chi connectivity index (χ2n) is 6.62. The first-order valence-corrected chi connectivity index (χ1v) is 8.82. The molecule has 0 aliphatic heterocycles. The van der Waals surface area contributed by atoms with Crippen LogP contribution in [-0.2, 0) is 0 Å². The molecule has 0 radical (unpaired) electrons. The zero-order chi connectivity index (χ0) is 18.4. The Hall–Kier alpha value is -3.67. The SMILES string of the molecule is Cc1cc(Nc2nc3ccccc3[nH]2)n(-c2cc(C)c3ccccc3n2)n1. The van der Waals surface area contributed by atoms with E-state index in [1.54, 1.807) is 0 Å². The first-order chi connectivity index (χ1) is 13.2. The molecule has 5 rings (SSSR count). The van der Waals surface area contributed by atoms with Crippen LogP contribution in [-0.4, -0.2) is 24.7 Å². The Morgan fingerprint density at radius 1 is 0.889 bits per heavy atom. The van der Waals surface area contributed by atoms with Crippen molar-refractivity contribution in [2.75, 3.05) is 5.32 Å². The largest absolute Gasteiger partial charge is 0.324 e. The van der Waals surface area contributed by atoms with Gasteiger partial charge < -0.3 is 10.3 Å². The third kappa shape index (κ3) is 2.71. The number of hydrogen-bond acceptors (Lipinski definition) is 4. The van der Waals surface area contributed by atoms with Crippen LogP contribution in [0.25, 0.3) is 27.8 Å². The summed E-state index contributed by atoms with van der Waals surface area (Å²) in [7, 11) is 0. The van der Waals surface area contributed by atoms with Crippen molar-refractivity contribution >= 4 is 33.7 Å². The standard InChI is InChI=1S/C21H18N6/c1-13-11-19(22-16-8-4-3-7-15(13)16)27-20(12-14(2)26-27)25-21-23-17-9-5-6-10-18(17)24-21/h3-12H,1-2H3,(H2,23,24,25). The van der Waals surface area contributed by atoms with Gasteiger partial charge >= 0.3 is 0 Å². The predicted molar refractivity (Wildman–Crippen MR) is 108 cm³/mol. The van der Waals surface area contributed by atoms with Gasteiger partial charge in [0.25, 0.3) is 0 Å². The van der Waals surface area contributed by atoms with Crippen LogP contribution in [0.4, 0.5) is 11.8 Å². The van der Waals surface area contributed by atoms with E-state index >= 15 is 0 Å². The smallest absolute Gasteiger partial charge is 0.206 e. The maximum absolute atomic E-state index is 4.79. The molecule has 0 saturated heterocycles. The average Bonchev–Trinajstić information content (AvgIpc) is 3.24. The van der Waals surface area contributed by atoms with Gasteiger partial charge in [0.2, 0.25) is 5.95 Å². The maximum Gasteiger partial charge on any atom is 0.206 e. The number of aryl methyl sites for hydroxylation is 2. The number of nitrogens with zero attached hydrogens (tertiary/aromatic N) is 4. The molecule has 0 spiro atoms. The van der Waals surface area contributed by atoms with Gasteiger partial charge in [-0.2, -0.15) is 9.78 Å². The van der Waals surface area contributed by atoms with Crippen molar-refractivity contribution in [3.63, 3.8) is 0 Å². The van der Waals surface area contributed by atoms with E-state index in [0.29, 0.717) is 5.95 Å². The molecule has 0 fully saturated rings. The molecule has 3 aromatic heterocycles. The van der Waals surface area contributed by atoms with Crippen LogP contribution in [0.3, 0.4) is 0 Å². The van der Waals surface area contributed by atoms with Gasteiger partial charge in [0, 0.05) is 11.5 Å². The van der Waals surface area contributed by atoms with Crippen molar-refractivity contribution in [2.45, 2.75) is 13.8 Å². The number of para-hydroxylation sites is 3. The fourth-order valence-corrected chi connectivity index (χ4v) is 3.34. The summed E-state index contributed by atoms with van der Waals surface area (Å²) in [5.74, 6) is 2.27. The highest BCUT2D eigenvalue weighted by molar-refractivity contribution is 5.83. The summed E-state index contributed by atoms with van der Waals surface area (Å²) in [6.45, 7) is 4.06. The first kappa shape index (κ1) is 15.6. The molecule has 0 aliphatic rings. The highest BCUT2D eigenvalue weighted by Crippen LogP contribution is 2.24. The van der Waals surface area contributed by atoms with E-state index in [2.05, 4.69) is 39.4 Å². The highest BCUT2D eigenvalue weighted by atomic mass is 15.4. The third-order valence-corrected chi connectivity index (χ3v) is 4.59. The second-order valence-corrected chi connectivity index (χ2v) is 6.62. The lowest BCUT2D eigenvalue weighted by Crippen LogP contribution is -2.06. The molecule has 0 bridgehead atoms. The van der Waals surface area contributed by atoms with Crippen molar-refractivity contribution < 1.29 is 0 Å². The minimum absolute atomic E-state index is 0.676. The van der Waals surface area contributed by atoms with E-state index in [0.717, 1.165) is 39.3 Å². The Morgan fingerprint density at radius 2 is 1.67 bits per heavy atom. The van der Waals surface area contributed by atoms with Gasteiger partial charge in [-0.05, 0) is 43.7 Å². The molecular weight excluding hydrogens is 336 g/mol. The lowest BCUT2D eigenvalue weighted by Gasteiger charge is -2.10. The van der Waals surface area contributed by atoms with E-state index < -0.39 is 0 Å². The number of rotatable bonds is 3. The van der Waals surface area contributed by atoms with E-state index in [1.807, 2.05) is 60.1 Å². The van der Waals surface area contributed by atoms with Gasteiger partial charge in [-0.25, -0.2) is 9.97 Å². The highest BCUT2D eigenvalue weighted by Gasteiger charge is 2.13. The van der Waals surface area contributed by atoms with Crippen LogP contribution in [0, 0.1) is 13.8 Å². The summed E-state index contributed by atoms with van der Waals surface area (Å²) in [5.41, 5.74) is 4.93. The molecule has 27 heavy (non-hydrogen) atoms. The number of imidazole rings is 1. The third-order valence-electron chi connectivity index (χ3n) is 4.59. The summed E-state index contributed by atoms with van der Waals surface area (Å²) in [4.78, 5) is 12.7. The van der Waals surface area contributed by atoms with Crippen LogP contribution in [0.15, 0.2) is 60.7 Å². The first-order valence-electron chi connectivity index (χ1n) is 8.82. The van der Waals surface area contributed by atoms with E-state index in [4.69, 9.17) is 4.98 Å². The number of pyridine rings is 1. The molecule has 0 saturated carbocycles. The molecule has 0 unspecified atom stereocenters. The lowest BCUT2D eigenvalue weighted by atomic mass is 10.1. The number of hydrogen-bond donors (Lipinski definition) is 2.